The van der Waals surface area contributed by atoms with E-state index in [9.17, 15) is 9.90 Å². The molecule has 0 fully saturated rings. The maximum atomic E-state index is 12.6. The van der Waals surface area contributed by atoms with Crippen molar-refractivity contribution in [2.75, 3.05) is 21.3 Å². The van der Waals surface area contributed by atoms with Gasteiger partial charge in [0, 0.05) is 12.1 Å². The van der Waals surface area contributed by atoms with Crippen LogP contribution in [0.2, 0.25) is 0 Å². The van der Waals surface area contributed by atoms with Crippen molar-refractivity contribution >= 4 is 11.0 Å². The highest BCUT2D eigenvalue weighted by Gasteiger charge is 2.21. The van der Waals surface area contributed by atoms with Gasteiger partial charge in [-0.3, -0.25) is 4.79 Å². The van der Waals surface area contributed by atoms with Crippen molar-refractivity contribution in [3.63, 3.8) is 0 Å². The van der Waals surface area contributed by atoms with E-state index in [1.807, 2.05) is 0 Å². The molecule has 1 aromatic heterocycles. The van der Waals surface area contributed by atoms with Crippen molar-refractivity contribution in [1.82, 2.24) is 0 Å². The topological polar surface area (TPSA) is 78.1 Å². The molecule has 3 rings (SSSR count). The highest BCUT2D eigenvalue weighted by atomic mass is 16.5. The number of phenols is 1. The lowest BCUT2D eigenvalue weighted by Crippen LogP contribution is -2.05. The van der Waals surface area contributed by atoms with E-state index in [4.69, 9.17) is 18.6 Å². The quantitative estimate of drug-likeness (QED) is 0.792. The fourth-order valence-electron chi connectivity index (χ4n) is 2.58. The fraction of sp³-hybridized carbons (Fsp3) is 0.167. The number of para-hydroxylation sites is 1. The fourth-order valence-corrected chi connectivity index (χ4v) is 2.58. The van der Waals surface area contributed by atoms with Crippen molar-refractivity contribution in [2.24, 2.45) is 0 Å². The lowest BCUT2D eigenvalue weighted by Gasteiger charge is -2.14. The van der Waals surface area contributed by atoms with Gasteiger partial charge in [-0.25, -0.2) is 0 Å². The van der Waals surface area contributed by atoms with E-state index in [1.54, 1.807) is 24.3 Å². The monoisotopic (exact) mass is 328 g/mol. The van der Waals surface area contributed by atoms with Crippen LogP contribution in [0.4, 0.5) is 0 Å². The molecule has 1 N–H and O–H groups in total. The molecule has 0 aliphatic carbocycles. The van der Waals surface area contributed by atoms with Crippen LogP contribution in [0.3, 0.4) is 0 Å². The van der Waals surface area contributed by atoms with Crippen LogP contribution in [-0.4, -0.2) is 26.4 Å². The molecule has 0 spiro atoms. The van der Waals surface area contributed by atoms with E-state index < -0.39 is 0 Å². The van der Waals surface area contributed by atoms with E-state index in [-0.39, 0.29) is 33.7 Å². The van der Waals surface area contributed by atoms with Gasteiger partial charge in [-0.05, 0) is 12.1 Å². The first-order chi connectivity index (χ1) is 11.6. The van der Waals surface area contributed by atoms with Crippen LogP contribution in [0, 0.1) is 0 Å². The summed E-state index contributed by atoms with van der Waals surface area (Å²) >= 11 is 0. The second kappa shape index (κ2) is 6.16. The first kappa shape index (κ1) is 15.7. The van der Waals surface area contributed by atoms with Crippen molar-refractivity contribution in [1.29, 1.82) is 0 Å². The van der Waals surface area contributed by atoms with Crippen molar-refractivity contribution < 1.29 is 23.7 Å². The largest absolute Gasteiger partial charge is 0.507 e. The number of phenolic OH excluding ortho intramolecular Hbond substituents is 1. The molecule has 0 unspecified atom stereocenters. The molecule has 0 amide bonds. The summed E-state index contributed by atoms with van der Waals surface area (Å²) in [5.41, 5.74) is 0.284. The molecule has 24 heavy (non-hydrogen) atoms. The van der Waals surface area contributed by atoms with Gasteiger partial charge in [-0.2, -0.15) is 0 Å². The molecule has 0 saturated heterocycles. The maximum Gasteiger partial charge on any atom is 0.205 e. The minimum atomic E-state index is -0.313. The SMILES string of the molecule is COc1cc(OC)c2c(=O)cc(-c3ccccc3O)oc2c1OC. The Labute approximate surface area is 137 Å². The number of benzene rings is 2. The second-order valence-corrected chi connectivity index (χ2v) is 5.01. The van der Waals surface area contributed by atoms with Crippen molar-refractivity contribution in [3.8, 4) is 34.3 Å². The van der Waals surface area contributed by atoms with Crippen molar-refractivity contribution in [3.05, 3.63) is 46.6 Å². The first-order valence-electron chi connectivity index (χ1n) is 7.16. The summed E-state index contributed by atoms with van der Waals surface area (Å²) in [6, 6.07) is 9.48. The van der Waals surface area contributed by atoms with E-state index in [0.29, 0.717) is 17.1 Å². The van der Waals surface area contributed by atoms with Gasteiger partial charge < -0.3 is 23.7 Å². The Morgan fingerprint density at radius 1 is 0.958 bits per heavy atom. The predicted octanol–water partition coefficient (Wildman–Crippen LogP) is 3.19. The minimum Gasteiger partial charge on any atom is -0.507 e. The molecule has 0 atom stereocenters. The van der Waals surface area contributed by atoms with Gasteiger partial charge in [0.25, 0.3) is 0 Å². The smallest absolute Gasteiger partial charge is 0.205 e. The Kier molecular flexibility index (Phi) is 4.04. The third kappa shape index (κ3) is 2.42. The highest BCUT2D eigenvalue weighted by molar-refractivity contribution is 5.92. The van der Waals surface area contributed by atoms with Crippen LogP contribution in [-0.2, 0) is 0 Å². The van der Waals surface area contributed by atoms with Crippen LogP contribution in [0.5, 0.6) is 23.0 Å². The summed E-state index contributed by atoms with van der Waals surface area (Å²) < 4.78 is 21.8. The molecule has 0 saturated carbocycles. The molecule has 0 radical (unpaired) electrons. The van der Waals surface area contributed by atoms with Crippen molar-refractivity contribution in [2.45, 2.75) is 0 Å². The zero-order chi connectivity index (χ0) is 17.3. The van der Waals surface area contributed by atoms with E-state index >= 15 is 0 Å². The van der Waals surface area contributed by atoms with Gasteiger partial charge >= 0.3 is 0 Å². The first-order valence-corrected chi connectivity index (χ1v) is 7.16. The zero-order valence-corrected chi connectivity index (χ0v) is 13.5. The summed E-state index contributed by atoms with van der Waals surface area (Å²) in [6.07, 6.45) is 0. The number of fused-ring (bicyclic) bond motifs is 1. The molecule has 124 valence electrons. The molecule has 2 aromatic carbocycles. The van der Waals surface area contributed by atoms with Crippen LogP contribution >= 0.6 is 0 Å². The van der Waals surface area contributed by atoms with Gasteiger partial charge in [0.1, 0.15) is 22.6 Å². The number of ether oxygens (including phenoxy) is 3. The van der Waals surface area contributed by atoms with Gasteiger partial charge in [0.05, 0.1) is 26.9 Å². The minimum absolute atomic E-state index is 0.00817. The van der Waals surface area contributed by atoms with Gasteiger partial charge in [-0.1, -0.05) is 12.1 Å². The van der Waals surface area contributed by atoms with E-state index in [0.717, 1.165) is 0 Å². The Morgan fingerprint density at radius 3 is 2.29 bits per heavy atom. The molecular weight excluding hydrogens is 312 g/mol. The molecular formula is C18H16O6. The number of methoxy groups -OCH3 is 3. The molecule has 0 bridgehead atoms. The number of hydrogen-bond donors (Lipinski definition) is 1. The summed E-state index contributed by atoms with van der Waals surface area (Å²) in [7, 11) is 4.39. The highest BCUT2D eigenvalue weighted by Crippen LogP contribution is 2.41. The molecule has 0 aliphatic heterocycles. The zero-order valence-electron chi connectivity index (χ0n) is 13.5. The molecule has 1 heterocycles. The van der Waals surface area contributed by atoms with E-state index in [2.05, 4.69) is 0 Å². The standard InChI is InChI=1S/C18H16O6/c1-21-14-9-15(22-2)17(23-3)18-16(14)12(20)8-13(24-18)10-6-4-5-7-11(10)19/h4-9,19H,1-3H3. The van der Waals surface area contributed by atoms with E-state index in [1.165, 1.54) is 33.5 Å². The second-order valence-electron chi connectivity index (χ2n) is 5.01. The number of hydrogen-bond acceptors (Lipinski definition) is 6. The molecule has 6 heteroatoms. The normalized spacial score (nSPS) is 10.6. The average Bonchev–Trinajstić information content (AvgIpc) is 2.60. The average molecular weight is 328 g/mol. The third-order valence-corrected chi connectivity index (χ3v) is 3.70. The Balaban J connectivity index is 2.42. The van der Waals surface area contributed by atoms with Gasteiger partial charge in [0.2, 0.25) is 5.75 Å². The van der Waals surface area contributed by atoms with Crippen LogP contribution in [0.15, 0.2) is 45.6 Å². The maximum absolute atomic E-state index is 12.6. The van der Waals surface area contributed by atoms with Crippen LogP contribution in [0.1, 0.15) is 0 Å². The number of rotatable bonds is 4. The van der Waals surface area contributed by atoms with Crippen LogP contribution in [0.25, 0.3) is 22.3 Å². The molecule has 6 nitrogen and oxygen atoms in total. The summed E-state index contributed by atoms with van der Waals surface area (Å²) in [5, 5.41) is 10.3. The van der Waals surface area contributed by atoms with Gasteiger partial charge in [0.15, 0.2) is 16.8 Å². The van der Waals surface area contributed by atoms with Gasteiger partial charge in [-0.15, -0.1) is 0 Å². The summed E-state index contributed by atoms with van der Waals surface area (Å²) in [5.74, 6) is 1.20. The predicted molar refractivity (Wildman–Crippen MR) is 89.2 cm³/mol. The Morgan fingerprint density at radius 2 is 1.67 bits per heavy atom. The summed E-state index contributed by atoms with van der Waals surface area (Å²) in [4.78, 5) is 12.6. The lowest BCUT2D eigenvalue weighted by atomic mass is 10.1. The van der Waals surface area contributed by atoms with Crippen LogP contribution < -0.4 is 19.6 Å². The lowest BCUT2D eigenvalue weighted by molar-refractivity contribution is 0.348. The Bertz CT molecular complexity index is 958. The Hall–Kier alpha value is -3.15. The molecule has 0 aliphatic rings. The summed E-state index contributed by atoms with van der Waals surface area (Å²) in [6.45, 7) is 0. The number of aromatic hydroxyl groups is 1. The molecule has 3 aromatic rings. The third-order valence-electron chi connectivity index (χ3n) is 3.70.